The zero-order chi connectivity index (χ0) is 17.0. The van der Waals surface area contributed by atoms with E-state index in [0.29, 0.717) is 10.2 Å². The molecule has 0 fully saturated rings. The summed E-state index contributed by atoms with van der Waals surface area (Å²) < 4.78 is 26.6. The van der Waals surface area contributed by atoms with Crippen LogP contribution in [0.4, 0.5) is 8.78 Å². The molecule has 1 aromatic carbocycles. The molecule has 0 bridgehead atoms. The largest absolute Gasteiger partial charge is 0.368 e. The van der Waals surface area contributed by atoms with Crippen molar-refractivity contribution in [3.05, 3.63) is 63.9 Å². The van der Waals surface area contributed by atoms with Gasteiger partial charge in [0.15, 0.2) is 11.6 Å². The Morgan fingerprint density at radius 2 is 2.00 bits per heavy atom. The van der Waals surface area contributed by atoms with Crippen molar-refractivity contribution in [2.45, 2.75) is 12.5 Å². The fourth-order valence-corrected chi connectivity index (χ4v) is 2.31. The highest BCUT2D eigenvalue weighted by molar-refractivity contribution is 9.10. The lowest BCUT2D eigenvalue weighted by molar-refractivity contribution is -0.119. The number of amides is 2. The summed E-state index contributed by atoms with van der Waals surface area (Å²) >= 11 is 3.24. The standard InChI is InChI=1S/C15H12BrF2N3O2/c16-13-8(2-1-5-20-13)7-12(14(19)22)21-15(23)9-3-4-10(17)11(18)6-9/h1-6,12H,7H2,(H2,19,22)(H,21,23)/t12-/m0/s1. The van der Waals surface area contributed by atoms with Crippen LogP contribution in [0, 0.1) is 11.6 Å². The van der Waals surface area contributed by atoms with Crippen molar-refractivity contribution >= 4 is 27.7 Å². The first kappa shape index (κ1) is 17.0. The number of pyridine rings is 1. The van der Waals surface area contributed by atoms with Gasteiger partial charge in [0.25, 0.3) is 5.91 Å². The summed E-state index contributed by atoms with van der Waals surface area (Å²) in [4.78, 5) is 27.6. The minimum Gasteiger partial charge on any atom is -0.368 e. The molecule has 3 N–H and O–H groups in total. The van der Waals surface area contributed by atoms with Gasteiger partial charge in [0.1, 0.15) is 10.6 Å². The second-order valence-electron chi connectivity index (χ2n) is 4.71. The molecule has 0 aliphatic heterocycles. The van der Waals surface area contributed by atoms with E-state index in [0.717, 1.165) is 18.2 Å². The molecule has 2 aromatic rings. The van der Waals surface area contributed by atoms with E-state index in [9.17, 15) is 18.4 Å². The first-order valence-electron chi connectivity index (χ1n) is 6.53. The third-order valence-electron chi connectivity index (χ3n) is 3.09. The maximum atomic E-state index is 13.2. The number of nitrogens with one attached hydrogen (secondary N) is 1. The summed E-state index contributed by atoms with van der Waals surface area (Å²) in [6.45, 7) is 0. The van der Waals surface area contributed by atoms with Gasteiger partial charge in [0.2, 0.25) is 5.91 Å². The normalized spacial score (nSPS) is 11.8. The molecule has 0 spiro atoms. The zero-order valence-electron chi connectivity index (χ0n) is 11.7. The van der Waals surface area contributed by atoms with Crippen molar-refractivity contribution in [1.82, 2.24) is 10.3 Å². The molecular formula is C15H12BrF2N3O2. The second-order valence-corrected chi connectivity index (χ2v) is 5.47. The number of rotatable bonds is 5. The molecule has 23 heavy (non-hydrogen) atoms. The molecule has 8 heteroatoms. The maximum Gasteiger partial charge on any atom is 0.252 e. The number of benzene rings is 1. The number of aromatic nitrogens is 1. The van der Waals surface area contributed by atoms with Crippen molar-refractivity contribution in [2.75, 3.05) is 0 Å². The molecule has 0 saturated carbocycles. The monoisotopic (exact) mass is 383 g/mol. The van der Waals surface area contributed by atoms with E-state index in [1.807, 2.05) is 0 Å². The SMILES string of the molecule is NC(=O)[C@H](Cc1cccnc1Br)NC(=O)c1ccc(F)c(F)c1. The molecule has 0 aliphatic carbocycles. The van der Waals surface area contributed by atoms with Crippen molar-refractivity contribution in [1.29, 1.82) is 0 Å². The van der Waals surface area contributed by atoms with Gasteiger partial charge >= 0.3 is 0 Å². The first-order chi connectivity index (χ1) is 10.9. The Kier molecular flexibility index (Phi) is 5.38. The predicted octanol–water partition coefficient (Wildman–Crippen LogP) is 1.95. The number of carbonyl (C=O) groups is 2. The fraction of sp³-hybridized carbons (Fsp3) is 0.133. The van der Waals surface area contributed by atoms with Gasteiger partial charge in [-0.2, -0.15) is 0 Å². The number of primary amides is 1. The summed E-state index contributed by atoms with van der Waals surface area (Å²) in [6, 6.07) is 5.08. The van der Waals surface area contributed by atoms with Crippen molar-refractivity contribution in [3.8, 4) is 0 Å². The number of nitrogens with zero attached hydrogens (tertiary/aromatic N) is 1. The molecule has 120 valence electrons. The Bertz CT molecular complexity index is 755. The van der Waals surface area contributed by atoms with Gasteiger partial charge in [0, 0.05) is 18.2 Å². The highest BCUT2D eigenvalue weighted by Gasteiger charge is 2.21. The fourth-order valence-electron chi connectivity index (χ4n) is 1.89. The smallest absolute Gasteiger partial charge is 0.252 e. The summed E-state index contributed by atoms with van der Waals surface area (Å²) in [7, 11) is 0. The third kappa shape index (κ3) is 4.32. The van der Waals surface area contributed by atoms with Crippen LogP contribution in [0.1, 0.15) is 15.9 Å². The number of carbonyl (C=O) groups excluding carboxylic acids is 2. The van der Waals surface area contributed by atoms with E-state index in [2.05, 4.69) is 26.2 Å². The van der Waals surface area contributed by atoms with Crippen LogP contribution >= 0.6 is 15.9 Å². The number of nitrogens with two attached hydrogens (primary N) is 1. The van der Waals surface area contributed by atoms with Crippen LogP contribution in [0.2, 0.25) is 0 Å². The molecule has 0 aliphatic rings. The summed E-state index contributed by atoms with van der Waals surface area (Å²) in [6.07, 6.45) is 1.67. The lowest BCUT2D eigenvalue weighted by Gasteiger charge is -2.16. The molecule has 1 heterocycles. The van der Waals surface area contributed by atoms with E-state index in [1.54, 1.807) is 18.3 Å². The van der Waals surface area contributed by atoms with Crippen molar-refractivity contribution in [3.63, 3.8) is 0 Å². The lowest BCUT2D eigenvalue weighted by Crippen LogP contribution is -2.46. The number of hydrogen-bond acceptors (Lipinski definition) is 3. The molecule has 5 nitrogen and oxygen atoms in total. The molecule has 0 unspecified atom stereocenters. The van der Waals surface area contributed by atoms with Gasteiger partial charge in [-0.05, 0) is 45.8 Å². The van der Waals surface area contributed by atoms with Crippen molar-refractivity contribution < 1.29 is 18.4 Å². The number of hydrogen-bond donors (Lipinski definition) is 2. The van der Waals surface area contributed by atoms with Crippen LogP contribution in [0.25, 0.3) is 0 Å². The zero-order valence-corrected chi connectivity index (χ0v) is 13.3. The maximum absolute atomic E-state index is 13.2. The summed E-state index contributed by atoms with van der Waals surface area (Å²) in [5.74, 6) is -3.69. The lowest BCUT2D eigenvalue weighted by atomic mass is 10.1. The van der Waals surface area contributed by atoms with E-state index in [-0.39, 0.29) is 12.0 Å². The van der Waals surface area contributed by atoms with Crippen LogP contribution in [0.3, 0.4) is 0 Å². The Morgan fingerprint density at radius 1 is 1.26 bits per heavy atom. The van der Waals surface area contributed by atoms with Crippen LogP contribution in [0.15, 0.2) is 41.1 Å². The van der Waals surface area contributed by atoms with Crippen LogP contribution in [0.5, 0.6) is 0 Å². The summed E-state index contributed by atoms with van der Waals surface area (Å²) in [5.41, 5.74) is 5.85. The van der Waals surface area contributed by atoms with Gasteiger partial charge in [-0.1, -0.05) is 6.07 Å². The highest BCUT2D eigenvalue weighted by Crippen LogP contribution is 2.15. The second kappa shape index (κ2) is 7.28. The minimum absolute atomic E-state index is 0.110. The molecule has 0 radical (unpaired) electrons. The summed E-state index contributed by atoms with van der Waals surface area (Å²) in [5, 5.41) is 2.40. The van der Waals surface area contributed by atoms with Gasteiger partial charge in [-0.3, -0.25) is 9.59 Å². The molecule has 2 rings (SSSR count). The highest BCUT2D eigenvalue weighted by atomic mass is 79.9. The third-order valence-corrected chi connectivity index (χ3v) is 3.80. The Morgan fingerprint density at radius 3 is 2.61 bits per heavy atom. The van der Waals surface area contributed by atoms with E-state index >= 15 is 0 Å². The molecule has 1 aromatic heterocycles. The Hall–Kier alpha value is -2.35. The molecule has 1 atom stereocenters. The van der Waals surface area contributed by atoms with Gasteiger partial charge in [0.05, 0.1) is 0 Å². The van der Waals surface area contributed by atoms with Gasteiger partial charge < -0.3 is 11.1 Å². The topological polar surface area (TPSA) is 85.1 Å². The molecule has 0 saturated heterocycles. The van der Waals surface area contributed by atoms with E-state index < -0.39 is 29.5 Å². The van der Waals surface area contributed by atoms with Gasteiger partial charge in [-0.15, -0.1) is 0 Å². The minimum atomic E-state index is -1.15. The molecular weight excluding hydrogens is 372 g/mol. The van der Waals surface area contributed by atoms with Crippen molar-refractivity contribution in [2.24, 2.45) is 5.73 Å². The van der Waals surface area contributed by atoms with Crippen LogP contribution < -0.4 is 11.1 Å². The average Bonchev–Trinajstić information content (AvgIpc) is 2.51. The number of halogens is 3. The Labute approximate surface area is 139 Å². The first-order valence-corrected chi connectivity index (χ1v) is 7.32. The molecule has 2 amide bonds. The van der Waals surface area contributed by atoms with Crippen LogP contribution in [-0.2, 0) is 11.2 Å². The Balaban J connectivity index is 2.16. The quantitative estimate of drug-likeness (QED) is 0.773. The van der Waals surface area contributed by atoms with Gasteiger partial charge in [-0.25, -0.2) is 13.8 Å². The van der Waals surface area contributed by atoms with E-state index in [4.69, 9.17) is 5.73 Å². The van der Waals surface area contributed by atoms with Crippen LogP contribution in [-0.4, -0.2) is 22.8 Å². The average molecular weight is 384 g/mol. The van der Waals surface area contributed by atoms with E-state index in [1.165, 1.54) is 0 Å². The predicted molar refractivity (Wildman–Crippen MR) is 82.4 cm³/mol.